The van der Waals surface area contributed by atoms with Gasteiger partial charge in [-0.25, -0.2) is 9.78 Å². The standard InChI is InChI=1S/C22H23N5O3S/c23-21(28)24-16-6-4-15(5-7-16)17-14-27-20-18(2-1-3-19(20)31-22(27)25-17)30-13-10-26-8-11-29-12-9-26/h1-7,14H,8-13H2,(H3,23,24,28). The van der Waals surface area contributed by atoms with Crippen LogP contribution in [0.15, 0.2) is 48.7 Å². The van der Waals surface area contributed by atoms with Gasteiger partial charge in [0, 0.05) is 37.1 Å². The molecule has 1 aliphatic rings. The molecule has 9 heteroatoms. The fourth-order valence-corrected chi connectivity index (χ4v) is 4.77. The lowest BCUT2D eigenvalue weighted by atomic mass is 10.1. The molecule has 1 aliphatic heterocycles. The van der Waals surface area contributed by atoms with Crippen LogP contribution in [0.3, 0.4) is 0 Å². The molecule has 2 aromatic heterocycles. The van der Waals surface area contributed by atoms with Gasteiger partial charge in [0.05, 0.1) is 23.6 Å². The summed E-state index contributed by atoms with van der Waals surface area (Å²) < 4.78 is 14.8. The molecule has 0 aliphatic carbocycles. The fraction of sp³-hybridized carbons (Fsp3) is 0.273. The van der Waals surface area contributed by atoms with Crippen molar-refractivity contribution in [2.45, 2.75) is 0 Å². The van der Waals surface area contributed by atoms with E-state index in [0.29, 0.717) is 12.3 Å². The van der Waals surface area contributed by atoms with Gasteiger partial charge in [0.2, 0.25) is 0 Å². The minimum Gasteiger partial charge on any atom is -0.490 e. The second-order valence-electron chi connectivity index (χ2n) is 7.35. The summed E-state index contributed by atoms with van der Waals surface area (Å²) in [4.78, 5) is 19.1. The van der Waals surface area contributed by atoms with E-state index in [9.17, 15) is 4.79 Å². The van der Waals surface area contributed by atoms with E-state index in [2.05, 4.69) is 20.7 Å². The molecule has 31 heavy (non-hydrogen) atoms. The molecule has 1 fully saturated rings. The summed E-state index contributed by atoms with van der Waals surface area (Å²) in [6.45, 7) is 5.00. The first kappa shape index (κ1) is 19.8. The number of hydrogen-bond acceptors (Lipinski definition) is 6. The number of ether oxygens (including phenoxy) is 2. The summed E-state index contributed by atoms with van der Waals surface area (Å²) in [6.07, 6.45) is 2.03. The molecule has 160 valence electrons. The van der Waals surface area contributed by atoms with Crippen LogP contribution in [-0.4, -0.2) is 59.8 Å². The Kier molecular flexibility index (Phi) is 5.46. The van der Waals surface area contributed by atoms with E-state index in [1.807, 2.05) is 42.6 Å². The Bertz CT molecular complexity index is 1210. The van der Waals surface area contributed by atoms with E-state index in [4.69, 9.17) is 20.2 Å². The van der Waals surface area contributed by atoms with Gasteiger partial charge in [-0.05, 0) is 24.3 Å². The first-order chi connectivity index (χ1) is 15.2. The van der Waals surface area contributed by atoms with Crippen molar-refractivity contribution in [3.8, 4) is 17.0 Å². The molecule has 0 radical (unpaired) electrons. The lowest BCUT2D eigenvalue weighted by Gasteiger charge is -2.26. The lowest BCUT2D eigenvalue weighted by molar-refractivity contribution is 0.0323. The first-order valence-corrected chi connectivity index (χ1v) is 11.0. The number of morpholine rings is 1. The largest absolute Gasteiger partial charge is 0.490 e. The van der Waals surface area contributed by atoms with Crippen LogP contribution < -0.4 is 15.8 Å². The zero-order valence-corrected chi connectivity index (χ0v) is 17.7. The zero-order chi connectivity index (χ0) is 21.2. The number of para-hydroxylation sites is 1. The number of amides is 2. The number of carbonyl (C=O) groups is 1. The molecule has 3 N–H and O–H groups in total. The number of rotatable bonds is 6. The molecule has 0 bridgehead atoms. The maximum atomic E-state index is 11.0. The van der Waals surface area contributed by atoms with Gasteiger partial charge in [0.25, 0.3) is 0 Å². The van der Waals surface area contributed by atoms with Crippen molar-refractivity contribution in [2.75, 3.05) is 44.8 Å². The SMILES string of the molecule is NC(=O)Nc1ccc(-c2cn3c(n2)sc2cccc(OCCN4CCOCC4)c23)cc1. The van der Waals surface area contributed by atoms with Crippen LogP contribution in [0, 0.1) is 0 Å². The van der Waals surface area contributed by atoms with Gasteiger partial charge in [-0.2, -0.15) is 0 Å². The predicted octanol–water partition coefficient (Wildman–Crippen LogP) is 3.42. The van der Waals surface area contributed by atoms with Crippen LogP contribution >= 0.6 is 11.3 Å². The second-order valence-corrected chi connectivity index (χ2v) is 8.36. The van der Waals surface area contributed by atoms with E-state index >= 15 is 0 Å². The van der Waals surface area contributed by atoms with E-state index in [1.165, 1.54) is 0 Å². The summed E-state index contributed by atoms with van der Waals surface area (Å²) in [5, 5.41) is 2.57. The Labute approximate surface area is 183 Å². The Morgan fingerprint density at radius 3 is 2.77 bits per heavy atom. The van der Waals surface area contributed by atoms with Crippen LogP contribution in [0.1, 0.15) is 0 Å². The summed E-state index contributed by atoms with van der Waals surface area (Å²) in [7, 11) is 0. The second kappa shape index (κ2) is 8.54. The minimum atomic E-state index is -0.581. The number of carbonyl (C=O) groups excluding carboxylic acids is 1. The quantitative estimate of drug-likeness (QED) is 0.482. The van der Waals surface area contributed by atoms with E-state index in [1.54, 1.807) is 11.3 Å². The summed E-state index contributed by atoms with van der Waals surface area (Å²) in [6, 6.07) is 13.0. The third-order valence-electron chi connectivity index (χ3n) is 5.29. The van der Waals surface area contributed by atoms with E-state index in [-0.39, 0.29) is 0 Å². The molecular formula is C22H23N5O3S. The van der Waals surface area contributed by atoms with Crippen molar-refractivity contribution in [3.63, 3.8) is 0 Å². The van der Waals surface area contributed by atoms with Crippen molar-refractivity contribution in [1.82, 2.24) is 14.3 Å². The molecular weight excluding hydrogens is 414 g/mol. The van der Waals surface area contributed by atoms with E-state index < -0.39 is 6.03 Å². The Hall–Kier alpha value is -3.14. The van der Waals surface area contributed by atoms with Gasteiger partial charge in [0.1, 0.15) is 17.9 Å². The average molecular weight is 438 g/mol. The summed E-state index contributed by atoms with van der Waals surface area (Å²) in [5.41, 5.74) is 8.68. The average Bonchev–Trinajstić information content (AvgIpc) is 3.33. The van der Waals surface area contributed by atoms with Gasteiger partial charge in [-0.15, -0.1) is 0 Å². The number of imidazole rings is 1. The lowest BCUT2D eigenvalue weighted by Crippen LogP contribution is -2.38. The van der Waals surface area contributed by atoms with Crippen LogP contribution in [0.4, 0.5) is 10.5 Å². The van der Waals surface area contributed by atoms with Crippen molar-refractivity contribution in [3.05, 3.63) is 48.7 Å². The molecule has 0 spiro atoms. The topological polar surface area (TPSA) is 94.1 Å². The molecule has 8 nitrogen and oxygen atoms in total. The molecule has 0 atom stereocenters. The normalized spacial score (nSPS) is 14.8. The molecule has 3 heterocycles. The highest BCUT2D eigenvalue weighted by molar-refractivity contribution is 7.23. The number of benzene rings is 2. The van der Waals surface area contributed by atoms with Crippen molar-refractivity contribution in [2.24, 2.45) is 5.73 Å². The molecule has 5 rings (SSSR count). The smallest absolute Gasteiger partial charge is 0.316 e. The number of primary amides is 1. The number of anilines is 1. The molecule has 2 amide bonds. The fourth-order valence-electron chi connectivity index (χ4n) is 3.75. The van der Waals surface area contributed by atoms with Gasteiger partial charge < -0.3 is 20.5 Å². The van der Waals surface area contributed by atoms with Gasteiger partial charge in [0.15, 0.2) is 4.96 Å². The maximum absolute atomic E-state index is 11.0. The van der Waals surface area contributed by atoms with Gasteiger partial charge in [-0.3, -0.25) is 9.30 Å². The third-order valence-corrected chi connectivity index (χ3v) is 6.31. The van der Waals surface area contributed by atoms with Gasteiger partial charge in [-0.1, -0.05) is 29.5 Å². The highest BCUT2D eigenvalue weighted by Gasteiger charge is 2.15. The first-order valence-electron chi connectivity index (χ1n) is 10.2. The predicted molar refractivity (Wildman–Crippen MR) is 122 cm³/mol. The summed E-state index contributed by atoms with van der Waals surface area (Å²) in [5.74, 6) is 0.863. The van der Waals surface area contributed by atoms with Crippen LogP contribution in [0.2, 0.25) is 0 Å². The highest BCUT2D eigenvalue weighted by atomic mass is 32.1. The number of urea groups is 1. The number of nitrogens with one attached hydrogen (secondary N) is 1. The number of hydrogen-bond donors (Lipinski definition) is 2. The van der Waals surface area contributed by atoms with Gasteiger partial charge >= 0.3 is 6.03 Å². The van der Waals surface area contributed by atoms with Crippen LogP contribution in [0.5, 0.6) is 5.75 Å². The van der Waals surface area contributed by atoms with Crippen molar-refractivity contribution >= 4 is 38.2 Å². The summed E-state index contributed by atoms with van der Waals surface area (Å²) >= 11 is 1.64. The van der Waals surface area contributed by atoms with E-state index in [0.717, 1.165) is 65.0 Å². The molecule has 0 saturated carbocycles. The Morgan fingerprint density at radius 1 is 1.19 bits per heavy atom. The number of thiazole rings is 1. The number of fused-ring (bicyclic) bond motifs is 3. The number of nitrogens with two attached hydrogens (primary N) is 1. The molecule has 4 aromatic rings. The van der Waals surface area contributed by atoms with Crippen molar-refractivity contribution in [1.29, 1.82) is 0 Å². The maximum Gasteiger partial charge on any atom is 0.316 e. The molecule has 0 unspecified atom stereocenters. The minimum absolute atomic E-state index is 0.581. The third kappa shape index (κ3) is 4.20. The van der Waals surface area contributed by atoms with Crippen molar-refractivity contribution < 1.29 is 14.3 Å². The highest BCUT2D eigenvalue weighted by Crippen LogP contribution is 2.35. The zero-order valence-electron chi connectivity index (χ0n) is 16.9. The monoisotopic (exact) mass is 437 g/mol. The number of nitrogens with zero attached hydrogens (tertiary/aromatic N) is 3. The number of aromatic nitrogens is 2. The Balaban J connectivity index is 1.39. The molecule has 1 saturated heterocycles. The Morgan fingerprint density at radius 2 is 2.00 bits per heavy atom. The molecule has 2 aromatic carbocycles. The van der Waals surface area contributed by atoms with Crippen LogP contribution in [0.25, 0.3) is 26.4 Å². The van der Waals surface area contributed by atoms with Crippen LogP contribution in [-0.2, 0) is 4.74 Å².